The van der Waals surface area contributed by atoms with Crippen molar-refractivity contribution in [2.24, 2.45) is 0 Å². The number of urea groups is 1. The molecule has 1 heterocycles. The SMILES string of the molecule is O=C(O)CNC(=O)C(Cc1c[nH]cn1)NC(=O)Nc1ccc(Br)cc1. The highest BCUT2D eigenvalue weighted by Crippen LogP contribution is 2.14. The maximum atomic E-state index is 12.1. The molecule has 9 nitrogen and oxygen atoms in total. The van der Waals surface area contributed by atoms with Gasteiger partial charge in [-0.25, -0.2) is 9.78 Å². The number of hydrogen-bond donors (Lipinski definition) is 5. The van der Waals surface area contributed by atoms with Gasteiger partial charge in [-0.2, -0.15) is 0 Å². The summed E-state index contributed by atoms with van der Waals surface area (Å²) in [5.41, 5.74) is 1.10. The van der Waals surface area contributed by atoms with Gasteiger partial charge in [-0.1, -0.05) is 15.9 Å². The number of nitrogens with zero attached hydrogens (tertiary/aromatic N) is 1. The van der Waals surface area contributed by atoms with Gasteiger partial charge >= 0.3 is 12.0 Å². The number of carbonyl (C=O) groups is 3. The standard InChI is InChI=1S/C15H16BrN5O4/c16-9-1-3-10(4-2-9)20-15(25)21-12(5-11-6-17-8-19-11)14(24)18-7-13(22)23/h1-4,6,8,12H,5,7H2,(H,17,19)(H,18,24)(H,22,23)(H2,20,21,25). The first-order chi connectivity index (χ1) is 11.9. The Morgan fingerprint density at radius 3 is 2.56 bits per heavy atom. The molecule has 25 heavy (non-hydrogen) atoms. The predicted octanol–water partition coefficient (Wildman–Crippen LogP) is 1.11. The van der Waals surface area contributed by atoms with Gasteiger partial charge in [-0.15, -0.1) is 0 Å². The van der Waals surface area contributed by atoms with Gasteiger partial charge in [0.15, 0.2) is 0 Å². The van der Waals surface area contributed by atoms with Crippen LogP contribution in [0.15, 0.2) is 41.3 Å². The Labute approximate surface area is 151 Å². The van der Waals surface area contributed by atoms with Crippen LogP contribution in [0.4, 0.5) is 10.5 Å². The smallest absolute Gasteiger partial charge is 0.322 e. The molecule has 0 aliphatic carbocycles. The van der Waals surface area contributed by atoms with Crippen molar-refractivity contribution in [1.29, 1.82) is 0 Å². The predicted molar refractivity (Wildman–Crippen MR) is 93.0 cm³/mol. The minimum absolute atomic E-state index is 0.114. The summed E-state index contributed by atoms with van der Waals surface area (Å²) >= 11 is 3.29. The molecule has 132 valence electrons. The number of aliphatic carboxylic acids is 1. The zero-order chi connectivity index (χ0) is 18.2. The third-order valence-electron chi connectivity index (χ3n) is 3.11. The van der Waals surface area contributed by atoms with Crippen LogP contribution in [0.2, 0.25) is 0 Å². The summed E-state index contributed by atoms with van der Waals surface area (Å²) < 4.78 is 0.864. The van der Waals surface area contributed by atoms with Crippen LogP contribution in [0.1, 0.15) is 5.69 Å². The van der Waals surface area contributed by atoms with Gasteiger partial charge in [-0.3, -0.25) is 9.59 Å². The van der Waals surface area contributed by atoms with E-state index < -0.39 is 30.5 Å². The molecular formula is C15H16BrN5O4. The highest BCUT2D eigenvalue weighted by Gasteiger charge is 2.22. The fraction of sp³-hybridized carbons (Fsp3) is 0.200. The third-order valence-corrected chi connectivity index (χ3v) is 3.63. The Hall–Kier alpha value is -2.88. The lowest BCUT2D eigenvalue weighted by atomic mass is 10.1. The first-order valence-corrected chi connectivity index (χ1v) is 8.03. The maximum Gasteiger partial charge on any atom is 0.322 e. The van der Waals surface area contributed by atoms with Crippen LogP contribution >= 0.6 is 15.9 Å². The lowest BCUT2D eigenvalue weighted by molar-refractivity contribution is -0.138. The Morgan fingerprint density at radius 2 is 1.96 bits per heavy atom. The third kappa shape index (κ3) is 6.26. The minimum Gasteiger partial charge on any atom is -0.480 e. The van der Waals surface area contributed by atoms with E-state index in [0.717, 1.165) is 4.47 Å². The van der Waals surface area contributed by atoms with E-state index in [4.69, 9.17) is 5.11 Å². The van der Waals surface area contributed by atoms with Crippen molar-refractivity contribution in [3.63, 3.8) is 0 Å². The molecule has 10 heteroatoms. The number of amides is 3. The van der Waals surface area contributed by atoms with E-state index in [1.807, 2.05) is 0 Å². The Bertz CT molecular complexity index is 733. The number of benzene rings is 1. The second-order valence-electron chi connectivity index (χ2n) is 5.03. The second kappa shape index (κ2) is 8.83. The van der Waals surface area contributed by atoms with Crippen molar-refractivity contribution >= 4 is 39.5 Å². The zero-order valence-corrected chi connectivity index (χ0v) is 14.5. The number of H-pyrrole nitrogens is 1. The summed E-state index contributed by atoms with van der Waals surface area (Å²) in [4.78, 5) is 41.6. The van der Waals surface area contributed by atoms with Crippen LogP contribution in [0.3, 0.4) is 0 Å². The average Bonchev–Trinajstić information content (AvgIpc) is 3.07. The maximum absolute atomic E-state index is 12.1. The van der Waals surface area contributed by atoms with E-state index in [1.165, 1.54) is 6.33 Å². The number of rotatable bonds is 7. The molecule has 5 N–H and O–H groups in total. The van der Waals surface area contributed by atoms with Gasteiger partial charge in [-0.05, 0) is 24.3 Å². The number of halogens is 1. The van der Waals surface area contributed by atoms with Crippen LogP contribution in [0, 0.1) is 0 Å². The highest BCUT2D eigenvalue weighted by atomic mass is 79.9. The Kier molecular flexibility index (Phi) is 6.52. The average molecular weight is 410 g/mol. The van der Waals surface area contributed by atoms with Crippen LogP contribution in [0.25, 0.3) is 0 Å². The van der Waals surface area contributed by atoms with Gasteiger partial charge < -0.3 is 26.0 Å². The van der Waals surface area contributed by atoms with Gasteiger partial charge in [0, 0.05) is 22.8 Å². The van der Waals surface area contributed by atoms with E-state index in [2.05, 4.69) is 41.8 Å². The highest BCUT2D eigenvalue weighted by molar-refractivity contribution is 9.10. The summed E-state index contributed by atoms with van der Waals surface area (Å²) in [7, 11) is 0. The molecule has 1 aromatic heterocycles. The van der Waals surface area contributed by atoms with Gasteiger partial charge in [0.2, 0.25) is 5.91 Å². The molecule has 0 saturated heterocycles. The monoisotopic (exact) mass is 409 g/mol. The van der Waals surface area contributed by atoms with E-state index in [1.54, 1.807) is 30.5 Å². The normalized spacial score (nSPS) is 11.4. The first-order valence-electron chi connectivity index (χ1n) is 7.24. The number of carboxylic acids is 1. The van der Waals surface area contributed by atoms with Crippen LogP contribution in [-0.2, 0) is 16.0 Å². The summed E-state index contributed by atoms with van der Waals surface area (Å²) in [6.07, 6.45) is 3.15. The van der Waals surface area contributed by atoms with E-state index in [9.17, 15) is 14.4 Å². The Balaban J connectivity index is 2.00. The molecule has 2 rings (SSSR count). The largest absolute Gasteiger partial charge is 0.480 e. The van der Waals surface area contributed by atoms with Gasteiger partial charge in [0.25, 0.3) is 0 Å². The number of carbonyl (C=O) groups excluding carboxylic acids is 2. The molecule has 2 aromatic rings. The lowest BCUT2D eigenvalue weighted by Gasteiger charge is -2.17. The minimum atomic E-state index is -1.17. The second-order valence-corrected chi connectivity index (χ2v) is 5.95. The summed E-state index contributed by atoms with van der Waals surface area (Å²) in [5, 5.41) is 16.0. The number of imidazole rings is 1. The molecular weight excluding hydrogens is 394 g/mol. The van der Waals surface area contributed by atoms with Crippen LogP contribution in [-0.4, -0.2) is 45.6 Å². The first kappa shape index (κ1) is 18.5. The van der Waals surface area contributed by atoms with Crippen LogP contribution in [0.5, 0.6) is 0 Å². The molecule has 1 atom stereocenters. The molecule has 1 unspecified atom stereocenters. The molecule has 0 aliphatic heterocycles. The number of anilines is 1. The molecule has 0 fully saturated rings. The zero-order valence-electron chi connectivity index (χ0n) is 13.0. The number of nitrogens with one attached hydrogen (secondary N) is 4. The van der Waals surface area contributed by atoms with E-state index in [-0.39, 0.29) is 6.42 Å². The number of hydrogen-bond acceptors (Lipinski definition) is 4. The van der Waals surface area contributed by atoms with Crippen LogP contribution < -0.4 is 16.0 Å². The quantitative estimate of drug-likeness (QED) is 0.466. The molecule has 1 aromatic carbocycles. The summed E-state index contributed by atoms with van der Waals surface area (Å²) in [5.74, 6) is -1.79. The fourth-order valence-corrected chi connectivity index (χ4v) is 2.23. The van der Waals surface area contributed by atoms with Gasteiger partial charge in [0.1, 0.15) is 12.6 Å². The topological polar surface area (TPSA) is 136 Å². The van der Waals surface area contributed by atoms with Crippen molar-refractivity contribution in [3.8, 4) is 0 Å². The van der Waals surface area contributed by atoms with Crippen molar-refractivity contribution in [2.75, 3.05) is 11.9 Å². The summed E-state index contributed by atoms with van der Waals surface area (Å²) in [6.45, 7) is -0.536. The van der Waals surface area contributed by atoms with Crippen molar-refractivity contribution in [3.05, 3.63) is 47.0 Å². The molecule has 0 bridgehead atoms. The lowest BCUT2D eigenvalue weighted by Crippen LogP contribution is -2.50. The summed E-state index contributed by atoms with van der Waals surface area (Å²) in [6, 6.07) is 5.34. The molecule has 0 saturated carbocycles. The molecule has 0 aliphatic rings. The number of aromatic nitrogens is 2. The number of aromatic amines is 1. The molecule has 0 spiro atoms. The Morgan fingerprint density at radius 1 is 1.24 bits per heavy atom. The van der Waals surface area contributed by atoms with Crippen molar-refractivity contribution < 1.29 is 19.5 Å². The van der Waals surface area contributed by atoms with E-state index in [0.29, 0.717) is 11.4 Å². The molecule has 0 radical (unpaired) electrons. The molecule has 3 amide bonds. The van der Waals surface area contributed by atoms with Crippen molar-refractivity contribution in [1.82, 2.24) is 20.6 Å². The van der Waals surface area contributed by atoms with Gasteiger partial charge in [0.05, 0.1) is 12.0 Å². The number of carboxylic acid groups (broad SMARTS) is 1. The fourth-order valence-electron chi connectivity index (χ4n) is 1.97. The van der Waals surface area contributed by atoms with E-state index >= 15 is 0 Å². The van der Waals surface area contributed by atoms with Crippen molar-refractivity contribution in [2.45, 2.75) is 12.5 Å².